The molecule has 0 saturated heterocycles. The number of hydrogen-bond donors (Lipinski definition) is 3. The Balaban J connectivity index is 1.65. The van der Waals surface area contributed by atoms with Gasteiger partial charge in [-0.15, -0.1) is 0 Å². The molecule has 188 valence electrons. The molecule has 9 heteroatoms. The van der Waals surface area contributed by atoms with E-state index in [2.05, 4.69) is 10.3 Å². The molecule has 0 spiro atoms. The molecule has 3 N–H and O–H groups in total. The van der Waals surface area contributed by atoms with Crippen molar-refractivity contribution in [2.75, 3.05) is 6.54 Å². The normalized spacial score (nSPS) is 18.2. The smallest absolute Gasteiger partial charge is 0.323 e. The van der Waals surface area contributed by atoms with Crippen LogP contribution in [0.1, 0.15) is 74.6 Å². The molecule has 0 radical (unpaired) electrons. The number of fused-ring (bicyclic) bond motifs is 1. The van der Waals surface area contributed by atoms with Crippen LogP contribution in [0.4, 0.5) is 4.39 Å². The fourth-order valence-corrected chi connectivity index (χ4v) is 5.57. The number of halogens is 1. The Hall–Kier alpha value is -3.23. The number of rotatable bonds is 8. The van der Waals surface area contributed by atoms with Crippen molar-refractivity contribution < 1.29 is 28.7 Å². The van der Waals surface area contributed by atoms with Crippen molar-refractivity contribution >= 4 is 34.5 Å². The van der Waals surface area contributed by atoms with Crippen LogP contribution in [0.25, 0.3) is 10.9 Å². The monoisotopic (exact) mass is 485 g/mol. The number of aromatic nitrogens is 1. The number of carbonyl (C=O) groups excluding carboxylic acids is 3. The van der Waals surface area contributed by atoms with E-state index in [0.29, 0.717) is 23.7 Å². The predicted molar refractivity (Wildman–Crippen MR) is 127 cm³/mol. The average molecular weight is 486 g/mol. The van der Waals surface area contributed by atoms with E-state index in [9.17, 15) is 28.7 Å². The molecule has 1 aromatic heterocycles. The number of carboxylic acids is 1. The molecule has 0 bridgehead atoms. The number of ketones is 1. The lowest BCUT2D eigenvalue weighted by molar-refractivity contribution is -0.148. The second-order valence-electron chi connectivity index (χ2n) is 9.73. The number of amides is 2. The summed E-state index contributed by atoms with van der Waals surface area (Å²) in [7, 11) is 0. The van der Waals surface area contributed by atoms with Crippen molar-refractivity contribution in [3.05, 3.63) is 35.8 Å². The topological polar surface area (TPSA) is 120 Å². The molecule has 2 amide bonds. The Morgan fingerprint density at radius 2 is 1.69 bits per heavy atom. The van der Waals surface area contributed by atoms with Gasteiger partial charge in [0.05, 0.1) is 5.56 Å². The predicted octanol–water partition coefficient (Wildman–Crippen LogP) is 3.80. The quantitative estimate of drug-likeness (QED) is 0.388. The minimum absolute atomic E-state index is 0.0108. The molecule has 1 atom stereocenters. The van der Waals surface area contributed by atoms with Crippen LogP contribution >= 0.6 is 0 Å². The van der Waals surface area contributed by atoms with E-state index < -0.39 is 36.1 Å². The summed E-state index contributed by atoms with van der Waals surface area (Å²) < 4.78 is 13.6. The highest BCUT2D eigenvalue weighted by atomic mass is 19.1. The molecule has 1 aromatic carbocycles. The molecule has 1 heterocycles. The number of carbonyl (C=O) groups is 4. The first-order valence-corrected chi connectivity index (χ1v) is 12.5. The Kier molecular flexibility index (Phi) is 7.83. The molecule has 4 rings (SSSR count). The molecular formula is C26H32FN3O5. The fourth-order valence-electron chi connectivity index (χ4n) is 5.57. The maximum atomic E-state index is 13.6. The molecule has 2 fully saturated rings. The maximum Gasteiger partial charge on any atom is 0.323 e. The molecule has 35 heavy (non-hydrogen) atoms. The Morgan fingerprint density at radius 1 is 1.03 bits per heavy atom. The van der Waals surface area contributed by atoms with Crippen molar-refractivity contribution in [2.24, 2.45) is 5.92 Å². The number of aromatic amines is 1. The van der Waals surface area contributed by atoms with Gasteiger partial charge in [0.1, 0.15) is 18.4 Å². The summed E-state index contributed by atoms with van der Waals surface area (Å²) in [4.78, 5) is 55.9. The van der Waals surface area contributed by atoms with Crippen molar-refractivity contribution in [1.29, 1.82) is 0 Å². The SMILES string of the molecule is O=C(O)CN(C(=O)C(=O)c1c[nH]c2cc(F)ccc12)C(C(=O)NC1CCCCC1)C1CCCCC1. The largest absolute Gasteiger partial charge is 0.480 e. The van der Waals surface area contributed by atoms with Gasteiger partial charge in [-0.3, -0.25) is 19.2 Å². The molecule has 2 saturated carbocycles. The number of Topliss-reactive ketones (excluding diaryl/α,β-unsaturated/α-hetero) is 1. The van der Waals surface area contributed by atoms with Crippen LogP contribution in [0, 0.1) is 11.7 Å². The van der Waals surface area contributed by atoms with Gasteiger partial charge in [-0.05, 0) is 49.8 Å². The van der Waals surface area contributed by atoms with E-state index in [1.807, 2.05) is 0 Å². The summed E-state index contributed by atoms with van der Waals surface area (Å²) in [5, 5.41) is 13.0. The Morgan fingerprint density at radius 3 is 2.34 bits per heavy atom. The van der Waals surface area contributed by atoms with Crippen molar-refractivity contribution in [3.8, 4) is 0 Å². The van der Waals surface area contributed by atoms with Crippen LogP contribution in [0.15, 0.2) is 24.4 Å². The van der Waals surface area contributed by atoms with E-state index in [-0.39, 0.29) is 23.4 Å². The molecule has 2 aliphatic carbocycles. The van der Waals surface area contributed by atoms with Gasteiger partial charge < -0.3 is 20.3 Å². The van der Waals surface area contributed by atoms with Gasteiger partial charge in [0.25, 0.3) is 11.7 Å². The Bertz CT molecular complexity index is 1100. The van der Waals surface area contributed by atoms with Gasteiger partial charge in [-0.2, -0.15) is 0 Å². The lowest BCUT2D eigenvalue weighted by Crippen LogP contribution is -2.58. The number of carboxylic acid groups (broad SMARTS) is 1. The number of benzene rings is 1. The highest BCUT2D eigenvalue weighted by molar-refractivity contribution is 6.45. The summed E-state index contributed by atoms with van der Waals surface area (Å²) >= 11 is 0. The third-order valence-electron chi connectivity index (χ3n) is 7.30. The van der Waals surface area contributed by atoms with E-state index in [0.717, 1.165) is 56.3 Å². The average Bonchev–Trinajstić information content (AvgIpc) is 3.26. The second-order valence-corrected chi connectivity index (χ2v) is 9.73. The first-order valence-electron chi connectivity index (χ1n) is 12.5. The number of hydrogen-bond acceptors (Lipinski definition) is 4. The maximum absolute atomic E-state index is 13.6. The van der Waals surface area contributed by atoms with Gasteiger partial charge in [0, 0.05) is 23.1 Å². The summed E-state index contributed by atoms with van der Waals surface area (Å²) in [5.74, 6) is -4.34. The van der Waals surface area contributed by atoms with Gasteiger partial charge in [0.15, 0.2) is 0 Å². The zero-order valence-electron chi connectivity index (χ0n) is 19.7. The second kappa shape index (κ2) is 11.0. The van der Waals surface area contributed by atoms with Gasteiger partial charge in [-0.25, -0.2) is 4.39 Å². The van der Waals surface area contributed by atoms with Crippen molar-refractivity contribution in [3.63, 3.8) is 0 Å². The fraction of sp³-hybridized carbons (Fsp3) is 0.538. The lowest BCUT2D eigenvalue weighted by atomic mass is 9.82. The van der Waals surface area contributed by atoms with Gasteiger partial charge >= 0.3 is 5.97 Å². The molecule has 1 unspecified atom stereocenters. The first kappa shape index (κ1) is 24.9. The van der Waals surface area contributed by atoms with Crippen molar-refractivity contribution in [1.82, 2.24) is 15.2 Å². The third-order valence-corrected chi connectivity index (χ3v) is 7.30. The van der Waals surface area contributed by atoms with E-state index in [1.165, 1.54) is 24.4 Å². The number of nitrogens with one attached hydrogen (secondary N) is 2. The summed E-state index contributed by atoms with van der Waals surface area (Å²) in [6, 6.07) is 2.76. The number of H-pyrrole nitrogens is 1. The van der Waals surface area contributed by atoms with Crippen LogP contribution < -0.4 is 5.32 Å². The molecular weight excluding hydrogens is 453 g/mol. The zero-order chi connectivity index (χ0) is 24.9. The molecule has 2 aromatic rings. The van der Waals surface area contributed by atoms with E-state index in [4.69, 9.17) is 0 Å². The molecule has 2 aliphatic rings. The van der Waals surface area contributed by atoms with Gasteiger partial charge in [-0.1, -0.05) is 38.5 Å². The van der Waals surface area contributed by atoms with Crippen LogP contribution in [0.5, 0.6) is 0 Å². The number of aliphatic carboxylic acids is 1. The third kappa shape index (κ3) is 5.71. The minimum atomic E-state index is -1.29. The Labute approximate surface area is 203 Å². The zero-order valence-corrected chi connectivity index (χ0v) is 19.7. The lowest BCUT2D eigenvalue weighted by Gasteiger charge is -2.38. The summed E-state index contributed by atoms with van der Waals surface area (Å²) in [5.41, 5.74) is 0.375. The van der Waals surface area contributed by atoms with E-state index in [1.54, 1.807) is 0 Å². The summed E-state index contributed by atoms with van der Waals surface area (Å²) in [6.07, 6.45) is 10.3. The van der Waals surface area contributed by atoms with Crippen LogP contribution in [0.3, 0.4) is 0 Å². The molecule has 8 nitrogen and oxygen atoms in total. The van der Waals surface area contributed by atoms with Gasteiger partial charge in [0.2, 0.25) is 5.91 Å². The van der Waals surface area contributed by atoms with E-state index >= 15 is 0 Å². The standard InChI is InChI=1S/C26H32FN3O5/c27-17-11-12-19-20(14-28-21(19)13-17)24(33)26(35)30(15-22(31)32)23(16-7-3-1-4-8-16)25(34)29-18-9-5-2-6-10-18/h11-14,16,18,23,28H,1-10,15H2,(H,29,34)(H,31,32). The van der Waals surface area contributed by atoms with Crippen LogP contribution in [0.2, 0.25) is 0 Å². The highest BCUT2D eigenvalue weighted by Gasteiger charge is 2.41. The minimum Gasteiger partial charge on any atom is -0.480 e. The molecule has 0 aliphatic heterocycles. The van der Waals surface area contributed by atoms with Crippen LogP contribution in [-0.2, 0) is 14.4 Å². The first-order chi connectivity index (χ1) is 16.8. The van der Waals surface area contributed by atoms with Crippen molar-refractivity contribution in [2.45, 2.75) is 76.3 Å². The highest BCUT2D eigenvalue weighted by Crippen LogP contribution is 2.31. The number of nitrogens with zero attached hydrogens (tertiary/aromatic N) is 1. The van der Waals surface area contributed by atoms with Crippen LogP contribution in [-0.4, -0.2) is 57.2 Å². The summed E-state index contributed by atoms with van der Waals surface area (Å²) in [6.45, 7) is -0.749.